The van der Waals surface area contributed by atoms with Crippen LogP contribution in [0.25, 0.3) is 0 Å². The van der Waals surface area contributed by atoms with E-state index in [4.69, 9.17) is 4.74 Å². The molecule has 0 aliphatic rings. The summed E-state index contributed by atoms with van der Waals surface area (Å²) in [6.45, 7) is 2.93. The fourth-order valence-corrected chi connectivity index (χ4v) is 1.17. The molecule has 1 radical (unpaired) electrons. The minimum atomic E-state index is -0.368. The summed E-state index contributed by atoms with van der Waals surface area (Å²) in [5, 5.41) is 12.8. The van der Waals surface area contributed by atoms with Crippen LogP contribution < -0.4 is 5.32 Å². The molecule has 0 aromatic carbocycles. The van der Waals surface area contributed by atoms with Crippen LogP contribution in [0.2, 0.25) is 0 Å². The topological polar surface area (TPSA) is 75.3 Å². The van der Waals surface area contributed by atoms with E-state index >= 15 is 0 Å². The van der Waals surface area contributed by atoms with Crippen molar-refractivity contribution in [3.05, 3.63) is 0 Å². The Morgan fingerprint density at radius 3 is 2.40 bits per heavy atom. The zero-order chi connectivity index (χ0) is 11.7. The molecular formula is C10H18NO4. The molecule has 1 atom stereocenters. The van der Waals surface area contributed by atoms with Crippen molar-refractivity contribution in [1.29, 1.82) is 0 Å². The van der Waals surface area contributed by atoms with Crippen molar-refractivity contribution in [1.82, 2.24) is 5.32 Å². The predicted molar refractivity (Wildman–Crippen MR) is 53.6 cm³/mol. The third-order valence-corrected chi connectivity index (χ3v) is 1.83. The summed E-state index contributed by atoms with van der Waals surface area (Å²) >= 11 is 0. The average Bonchev–Trinajstić information content (AvgIpc) is 2.13. The SMILES string of the molecule is CC(=O)NCC(CCCC[O])OC(C)=O. The maximum absolute atomic E-state index is 10.7. The van der Waals surface area contributed by atoms with Gasteiger partial charge in [0.1, 0.15) is 6.10 Å². The Morgan fingerprint density at radius 1 is 1.27 bits per heavy atom. The normalized spacial score (nSPS) is 11.9. The van der Waals surface area contributed by atoms with Gasteiger partial charge >= 0.3 is 5.97 Å². The predicted octanol–water partition coefficient (Wildman–Crippen LogP) is 0.655. The van der Waals surface area contributed by atoms with Crippen LogP contribution in [0.1, 0.15) is 33.1 Å². The van der Waals surface area contributed by atoms with Gasteiger partial charge in [0.25, 0.3) is 0 Å². The number of hydrogen-bond acceptors (Lipinski definition) is 3. The van der Waals surface area contributed by atoms with Gasteiger partial charge < -0.3 is 10.1 Å². The fourth-order valence-electron chi connectivity index (χ4n) is 1.17. The van der Waals surface area contributed by atoms with Gasteiger partial charge in [-0.2, -0.15) is 0 Å². The molecule has 0 aromatic rings. The number of carbonyl (C=O) groups is 2. The van der Waals surface area contributed by atoms with Gasteiger partial charge in [0.2, 0.25) is 5.91 Å². The van der Waals surface area contributed by atoms with Crippen LogP contribution in [0.3, 0.4) is 0 Å². The smallest absolute Gasteiger partial charge is 0.302 e. The molecular weight excluding hydrogens is 198 g/mol. The van der Waals surface area contributed by atoms with Crippen LogP contribution in [0.5, 0.6) is 0 Å². The number of carbonyl (C=O) groups excluding carboxylic acids is 2. The first-order chi connectivity index (χ1) is 7.06. The minimum Gasteiger partial charge on any atom is -0.461 e. The largest absolute Gasteiger partial charge is 0.461 e. The fraction of sp³-hybridized carbons (Fsp3) is 0.800. The quantitative estimate of drug-likeness (QED) is 0.501. The maximum Gasteiger partial charge on any atom is 0.302 e. The van der Waals surface area contributed by atoms with Crippen LogP contribution in [0, 0.1) is 0 Å². The van der Waals surface area contributed by atoms with Gasteiger partial charge in [-0.05, 0) is 19.3 Å². The number of amides is 1. The molecule has 0 aliphatic heterocycles. The zero-order valence-electron chi connectivity index (χ0n) is 9.25. The number of esters is 1. The van der Waals surface area contributed by atoms with Gasteiger partial charge in [-0.25, -0.2) is 5.11 Å². The summed E-state index contributed by atoms with van der Waals surface area (Å²) in [6.07, 6.45) is 1.57. The van der Waals surface area contributed by atoms with Gasteiger partial charge in [-0.15, -0.1) is 0 Å². The van der Waals surface area contributed by atoms with E-state index in [9.17, 15) is 14.7 Å². The second-order valence-corrected chi connectivity index (χ2v) is 3.37. The molecule has 0 aliphatic carbocycles. The highest BCUT2D eigenvalue weighted by Gasteiger charge is 2.11. The third kappa shape index (κ3) is 9.21. The molecule has 0 bridgehead atoms. The summed E-state index contributed by atoms with van der Waals surface area (Å²) in [5.74, 6) is -0.525. The van der Waals surface area contributed by atoms with E-state index in [1.165, 1.54) is 13.8 Å². The Kier molecular flexibility index (Phi) is 7.62. The molecule has 1 unspecified atom stereocenters. The Balaban J connectivity index is 3.83. The van der Waals surface area contributed by atoms with Crippen molar-refractivity contribution >= 4 is 11.9 Å². The van der Waals surface area contributed by atoms with Gasteiger partial charge in [-0.3, -0.25) is 9.59 Å². The van der Waals surface area contributed by atoms with Crippen LogP contribution in [-0.4, -0.2) is 31.1 Å². The highest BCUT2D eigenvalue weighted by atomic mass is 16.5. The molecule has 1 N–H and O–H groups in total. The highest BCUT2D eigenvalue weighted by molar-refractivity contribution is 5.72. The molecule has 0 saturated carbocycles. The first kappa shape index (κ1) is 13.9. The van der Waals surface area contributed by atoms with E-state index in [0.717, 1.165) is 0 Å². The lowest BCUT2D eigenvalue weighted by molar-refractivity contribution is -0.147. The zero-order valence-corrected chi connectivity index (χ0v) is 9.25. The average molecular weight is 216 g/mol. The molecule has 87 valence electrons. The van der Waals surface area contributed by atoms with Crippen LogP contribution in [0.15, 0.2) is 0 Å². The van der Waals surface area contributed by atoms with E-state index in [2.05, 4.69) is 5.32 Å². The lowest BCUT2D eigenvalue weighted by atomic mass is 10.1. The molecule has 0 saturated heterocycles. The number of hydrogen-bond donors (Lipinski definition) is 1. The lowest BCUT2D eigenvalue weighted by Gasteiger charge is -2.16. The second-order valence-electron chi connectivity index (χ2n) is 3.37. The van der Waals surface area contributed by atoms with Crippen molar-refractivity contribution in [2.45, 2.75) is 39.2 Å². The molecule has 0 heterocycles. The molecule has 15 heavy (non-hydrogen) atoms. The summed E-state index contributed by atoms with van der Waals surface area (Å²) in [7, 11) is 0. The first-order valence-corrected chi connectivity index (χ1v) is 5.06. The van der Waals surface area contributed by atoms with E-state index in [-0.39, 0.29) is 24.6 Å². The van der Waals surface area contributed by atoms with Crippen LogP contribution >= 0.6 is 0 Å². The van der Waals surface area contributed by atoms with Gasteiger partial charge in [0, 0.05) is 13.8 Å². The Labute approximate surface area is 89.8 Å². The minimum absolute atomic E-state index is 0.118. The van der Waals surface area contributed by atoms with Crippen LogP contribution in [-0.2, 0) is 19.4 Å². The van der Waals surface area contributed by atoms with E-state index in [1.807, 2.05) is 0 Å². The highest BCUT2D eigenvalue weighted by Crippen LogP contribution is 2.04. The van der Waals surface area contributed by atoms with Gasteiger partial charge in [-0.1, -0.05) is 0 Å². The standard InChI is InChI=1S/C10H18NO4/c1-8(13)11-7-10(15-9(2)14)5-3-4-6-12/h10H,3-7H2,1-2H3,(H,11,13). The second kappa shape index (κ2) is 8.23. The summed E-state index contributed by atoms with van der Waals surface area (Å²) < 4.78 is 4.99. The Hall–Kier alpha value is -1.10. The Bertz CT molecular complexity index is 206. The van der Waals surface area contributed by atoms with E-state index in [0.29, 0.717) is 25.8 Å². The Morgan fingerprint density at radius 2 is 1.93 bits per heavy atom. The molecule has 1 amide bonds. The lowest BCUT2D eigenvalue weighted by Crippen LogP contribution is -2.33. The number of ether oxygens (including phenoxy) is 1. The van der Waals surface area contributed by atoms with E-state index in [1.54, 1.807) is 0 Å². The third-order valence-electron chi connectivity index (χ3n) is 1.83. The number of rotatable bonds is 7. The van der Waals surface area contributed by atoms with Crippen molar-refractivity contribution in [2.24, 2.45) is 0 Å². The maximum atomic E-state index is 10.7. The van der Waals surface area contributed by atoms with Gasteiger partial charge in [0.15, 0.2) is 0 Å². The number of unbranched alkanes of at least 4 members (excludes halogenated alkanes) is 1. The van der Waals surface area contributed by atoms with Gasteiger partial charge in [0.05, 0.1) is 13.2 Å². The molecule has 5 nitrogen and oxygen atoms in total. The van der Waals surface area contributed by atoms with Crippen molar-refractivity contribution in [2.75, 3.05) is 13.2 Å². The molecule has 0 fully saturated rings. The van der Waals surface area contributed by atoms with Crippen LogP contribution in [0.4, 0.5) is 0 Å². The number of nitrogens with one attached hydrogen (secondary N) is 1. The van der Waals surface area contributed by atoms with E-state index < -0.39 is 0 Å². The summed E-state index contributed by atoms with van der Waals surface area (Å²) in [5.41, 5.74) is 0. The first-order valence-electron chi connectivity index (χ1n) is 5.06. The van der Waals surface area contributed by atoms with Crippen molar-refractivity contribution in [3.8, 4) is 0 Å². The molecule has 5 heteroatoms. The molecule has 0 spiro atoms. The summed E-state index contributed by atoms with van der Waals surface area (Å²) in [6, 6.07) is 0. The monoisotopic (exact) mass is 216 g/mol. The van der Waals surface area contributed by atoms with Crippen molar-refractivity contribution in [3.63, 3.8) is 0 Å². The van der Waals surface area contributed by atoms with Crippen molar-refractivity contribution < 1.29 is 19.4 Å². The summed E-state index contributed by atoms with van der Waals surface area (Å²) in [4.78, 5) is 21.4. The molecule has 0 rings (SSSR count). The molecule has 0 aromatic heterocycles.